The number of rotatable bonds is 6. The lowest BCUT2D eigenvalue weighted by Crippen LogP contribution is -2.14. The third kappa shape index (κ3) is 4.72. The number of ether oxygens (including phenoxy) is 1. The van der Waals surface area contributed by atoms with E-state index in [0.717, 1.165) is 5.56 Å². The predicted molar refractivity (Wildman–Crippen MR) is 107 cm³/mol. The van der Waals surface area contributed by atoms with Gasteiger partial charge in [-0.15, -0.1) is 11.3 Å². The molecule has 2 amide bonds. The van der Waals surface area contributed by atoms with E-state index in [2.05, 4.69) is 15.6 Å². The normalized spacial score (nSPS) is 10.4. The first-order chi connectivity index (χ1) is 13.5. The summed E-state index contributed by atoms with van der Waals surface area (Å²) >= 11 is 1.21. The number of thiazole rings is 1. The van der Waals surface area contributed by atoms with Crippen LogP contribution in [0.15, 0.2) is 47.8 Å². The Kier molecular flexibility index (Phi) is 6.00. The van der Waals surface area contributed by atoms with Gasteiger partial charge < -0.3 is 15.4 Å². The zero-order chi connectivity index (χ0) is 20.1. The van der Waals surface area contributed by atoms with Crippen molar-refractivity contribution in [2.45, 2.75) is 13.3 Å². The molecular weight excluding hydrogens is 381 g/mol. The van der Waals surface area contributed by atoms with Gasteiger partial charge in [0.25, 0.3) is 0 Å². The molecule has 144 valence electrons. The molecule has 0 unspecified atom stereocenters. The summed E-state index contributed by atoms with van der Waals surface area (Å²) in [5.74, 6) is -0.394. The minimum Gasteiger partial charge on any atom is -0.496 e. The molecule has 0 aliphatic heterocycles. The molecule has 1 heterocycles. The third-order valence-corrected chi connectivity index (χ3v) is 4.62. The Bertz CT molecular complexity index is 1020. The van der Waals surface area contributed by atoms with Crippen molar-refractivity contribution < 1.29 is 18.7 Å². The van der Waals surface area contributed by atoms with Crippen LogP contribution in [0, 0.1) is 5.82 Å². The summed E-state index contributed by atoms with van der Waals surface area (Å²) in [6.07, 6.45) is 0.138. The summed E-state index contributed by atoms with van der Waals surface area (Å²) < 4.78 is 19.6. The van der Waals surface area contributed by atoms with E-state index in [0.29, 0.717) is 22.3 Å². The summed E-state index contributed by atoms with van der Waals surface area (Å²) in [6.45, 7) is 1.35. The number of nitrogens with one attached hydrogen (secondary N) is 2. The second-order valence-corrected chi connectivity index (χ2v) is 6.81. The molecule has 3 aromatic rings. The van der Waals surface area contributed by atoms with Gasteiger partial charge in [-0.3, -0.25) is 9.59 Å². The van der Waals surface area contributed by atoms with Crippen LogP contribution in [0.1, 0.15) is 12.5 Å². The monoisotopic (exact) mass is 399 g/mol. The van der Waals surface area contributed by atoms with Gasteiger partial charge in [0.2, 0.25) is 11.8 Å². The van der Waals surface area contributed by atoms with E-state index in [9.17, 15) is 14.0 Å². The largest absolute Gasteiger partial charge is 0.496 e. The highest BCUT2D eigenvalue weighted by Crippen LogP contribution is 2.29. The number of anilines is 2. The molecule has 8 heteroatoms. The number of amides is 2. The summed E-state index contributed by atoms with van der Waals surface area (Å²) in [6, 6.07) is 11.6. The first-order valence-electron chi connectivity index (χ1n) is 8.41. The van der Waals surface area contributed by atoms with E-state index >= 15 is 0 Å². The van der Waals surface area contributed by atoms with Crippen LogP contribution in [0.5, 0.6) is 5.75 Å². The van der Waals surface area contributed by atoms with Crippen LogP contribution in [0.4, 0.5) is 15.2 Å². The molecule has 2 aromatic carbocycles. The summed E-state index contributed by atoms with van der Waals surface area (Å²) in [5.41, 5.74) is 1.83. The second-order valence-electron chi connectivity index (χ2n) is 5.95. The number of methoxy groups -OCH3 is 1. The highest BCUT2D eigenvalue weighted by Gasteiger charge is 2.13. The summed E-state index contributed by atoms with van der Waals surface area (Å²) in [5, 5.41) is 7.28. The fourth-order valence-corrected chi connectivity index (χ4v) is 3.37. The molecule has 2 N–H and O–H groups in total. The quantitative estimate of drug-likeness (QED) is 0.654. The molecular formula is C20H18FN3O3S. The van der Waals surface area contributed by atoms with Gasteiger partial charge in [-0.05, 0) is 24.3 Å². The van der Waals surface area contributed by atoms with Crippen molar-refractivity contribution in [1.29, 1.82) is 0 Å². The smallest absolute Gasteiger partial charge is 0.230 e. The molecule has 3 rings (SSSR count). The van der Waals surface area contributed by atoms with E-state index in [1.807, 2.05) is 18.2 Å². The van der Waals surface area contributed by atoms with Crippen molar-refractivity contribution in [3.63, 3.8) is 0 Å². The van der Waals surface area contributed by atoms with Gasteiger partial charge in [-0.2, -0.15) is 0 Å². The van der Waals surface area contributed by atoms with E-state index in [4.69, 9.17) is 4.74 Å². The average molecular weight is 399 g/mol. The Labute approximate surface area is 165 Å². The van der Waals surface area contributed by atoms with Crippen molar-refractivity contribution in [1.82, 2.24) is 4.98 Å². The number of carbonyl (C=O) groups excluding carboxylic acids is 2. The lowest BCUT2D eigenvalue weighted by Gasteiger charge is -2.07. The molecule has 0 fully saturated rings. The molecule has 0 saturated carbocycles. The van der Waals surface area contributed by atoms with E-state index in [1.165, 1.54) is 30.4 Å². The zero-order valence-corrected chi connectivity index (χ0v) is 16.1. The summed E-state index contributed by atoms with van der Waals surface area (Å²) in [4.78, 5) is 27.6. The van der Waals surface area contributed by atoms with Crippen LogP contribution in [0.25, 0.3) is 11.3 Å². The molecule has 6 nitrogen and oxygen atoms in total. The van der Waals surface area contributed by atoms with Gasteiger partial charge in [0.05, 0.1) is 19.2 Å². The number of halogens is 1. The van der Waals surface area contributed by atoms with Crippen LogP contribution < -0.4 is 15.4 Å². The third-order valence-electron chi connectivity index (χ3n) is 3.86. The molecule has 0 bridgehead atoms. The fraction of sp³-hybridized carbons (Fsp3) is 0.150. The maximum atomic E-state index is 14.3. The van der Waals surface area contributed by atoms with Gasteiger partial charge in [0.1, 0.15) is 11.6 Å². The minimum absolute atomic E-state index is 0.138. The average Bonchev–Trinajstić information content (AvgIpc) is 3.09. The van der Waals surface area contributed by atoms with E-state index < -0.39 is 5.82 Å². The standard InChI is InChI=1S/C20H18FN3O3S/c1-12(25)22-14-7-8-15(16(21)10-14)17-11-28-20(23-17)24-19(26)9-13-5-3-4-6-18(13)27-2/h3-8,10-11H,9H2,1-2H3,(H,22,25)(H,23,24,26). The Balaban J connectivity index is 1.70. The van der Waals surface area contributed by atoms with Crippen LogP contribution in [0.3, 0.4) is 0 Å². The molecule has 0 saturated heterocycles. The molecule has 28 heavy (non-hydrogen) atoms. The number of para-hydroxylation sites is 1. The van der Waals surface area contributed by atoms with Crippen LogP contribution in [-0.4, -0.2) is 23.9 Å². The number of benzene rings is 2. The van der Waals surface area contributed by atoms with Gasteiger partial charge in [-0.25, -0.2) is 9.37 Å². The Morgan fingerprint density at radius 3 is 2.68 bits per heavy atom. The highest BCUT2D eigenvalue weighted by molar-refractivity contribution is 7.14. The lowest BCUT2D eigenvalue weighted by atomic mass is 10.1. The highest BCUT2D eigenvalue weighted by atomic mass is 32.1. The Morgan fingerprint density at radius 1 is 1.18 bits per heavy atom. The second kappa shape index (κ2) is 8.62. The van der Waals surface area contributed by atoms with E-state index in [-0.39, 0.29) is 23.8 Å². The molecule has 0 aliphatic carbocycles. The molecule has 0 atom stereocenters. The van der Waals surface area contributed by atoms with Gasteiger partial charge in [0.15, 0.2) is 5.13 Å². The van der Waals surface area contributed by atoms with Crippen LogP contribution in [0.2, 0.25) is 0 Å². The molecule has 0 aliphatic rings. The number of nitrogens with zero attached hydrogens (tertiary/aromatic N) is 1. The fourth-order valence-electron chi connectivity index (χ4n) is 2.64. The maximum Gasteiger partial charge on any atom is 0.230 e. The van der Waals surface area contributed by atoms with E-state index in [1.54, 1.807) is 24.6 Å². The molecule has 0 radical (unpaired) electrons. The van der Waals surface area contributed by atoms with Crippen molar-refractivity contribution >= 4 is 34.0 Å². The first-order valence-corrected chi connectivity index (χ1v) is 9.29. The number of carbonyl (C=O) groups is 2. The number of aromatic nitrogens is 1. The Morgan fingerprint density at radius 2 is 1.96 bits per heavy atom. The maximum absolute atomic E-state index is 14.3. The van der Waals surface area contributed by atoms with Crippen molar-refractivity contribution in [2.75, 3.05) is 17.7 Å². The van der Waals surface area contributed by atoms with Crippen molar-refractivity contribution in [2.24, 2.45) is 0 Å². The van der Waals surface area contributed by atoms with Gasteiger partial charge in [0, 0.05) is 29.1 Å². The predicted octanol–water partition coefficient (Wildman–Crippen LogP) is 4.10. The van der Waals surface area contributed by atoms with Gasteiger partial charge >= 0.3 is 0 Å². The van der Waals surface area contributed by atoms with Gasteiger partial charge in [-0.1, -0.05) is 18.2 Å². The molecule has 1 aromatic heterocycles. The summed E-state index contributed by atoms with van der Waals surface area (Å²) in [7, 11) is 1.55. The zero-order valence-electron chi connectivity index (χ0n) is 15.3. The van der Waals surface area contributed by atoms with Crippen molar-refractivity contribution in [3.05, 3.63) is 59.2 Å². The van der Waals surface area contributed by atoms with Crippen molar-refractivity contribution in [3.8, 4) is 17.0 Å². The van der Waals surface area contributed by atoms with Crippen LogP contribution in [-0.2, 0) is 16.0 Å². The van der Waals surface area contributed by atoms with Crippen LogP contribution >= 0.6 is 11.3 Å². The molecule has 0 spiro atoms. The number of hydrogen-bond acceptors (Lipinski definition) is 5. The number of hydrogen-bond donors (Lipinski definition) is 2. The topological polar surface area (TPSA) is 80.3 Å². The minimum atomic E-state index is -0.511. The SMILES string of the molecule is COc1ccccc1CC(=O)Nc1nc(-c2ccc(NC(C)=O)cc2F)cs1. The first kappa shape index (κ1) is 19.5. The Hall–Kier alpha value is -3.26. The lowest BCUT2D eigenvalue weighted by molar-refractivity contribution is -0.116.